The van der Waals surface area contributed by atoms with Crippen molar-refractivity contribution in [2.45, 2.75) is 25.8 Å². The summed E-state index contributed by atoms with van der Waals surface area (Å²) in [4.78, 5) is 13.9. The van der Waals surface area contributed by atoms with Gasteiger partial charge in [0.1, 0.15) is 0 Å². The SMILES string of the molecule is CC=C(C(=O)NC1Cc2ccccc2C1)N(C)C. The zero-order valence-corrected chi connectivity index (χ0v) is 11.2. The molecule has 0 heterocycles. The van der Waals surface area contributed by atoms with Crippen LogP contribution in [0, 0.1) is 0 Å². The highest BCUT2D eigenvalue weighted by Gasteiger charge is 2.23. The second kappa shape index (κ2) is 5.25. The van der Waals surface area contributed by atoms with Gasteiger partial charge in [0, 0.05) is 20.1 Å². The number of likely N-dealkylation sites (N-methyl/N-ethyl adjacent to an activating group) is 1. The van der Waals surface area contributed by atoms with Gasteiger partial charge in [0.25, 0.3) is 5.91 Å². The van der Waals surface area contributed by atoms with E-state index in [0.29, 0.717) is 5.70 Å². The van der Waals surface area contributed by atoms with Crippen LogP contribution in [-0.2, 0) is 17.6 Å². The third kappa shape index (κ3) is 2.55. The number of allylic oxidation sites excluding steroid dienone is 1. The molecule has 18 heavy (non-hydrogen) atoms. The number of carbonyl (C=O) groups excluding carboxylic acids is 1. The van der Waals surface area contributed by atoms with Crippen molar-refractivity contribution in [3.63, 3.8) is 0 Å². The van der Waals surface area contributed by atoms with Crippen molar-refractivity contribution in [1.29, 1.82) is 0 Å². The van der Waals surface area contributed by atoms with Crippen LogP contribution in [0.15, 0.2) is 36.0 Å². The minimum Gasteiger partial charge on any atom is -0.373 e. The van der Waals surface area contributed by atoms with Gasteiger partial charge in [-0.2, -0.15) is 0 Å². The van der Waals surface area contributed by atoms with Crippen molar-refractivity contribution >= 4 is 5.91 Å². The molecule has 0 atom stereocenters. The smallest absolute Gasteiger partial charge is 0.267 e. The fourth-order valence-corrected chi connectivity index (χ4v) is 2.51. The van der Waals surface area contributed by atoms with Gasteiger partial charge in [0.15, 0.2) is 0 Å². The molecule has 1 N–H and O–H groups in total. The molecule has 3 heteroatoms. The molecule has 0 aromatic heterocycles. The molecule has 1 aromatic rings. The average Bonchev–Trinajstić information content (AvgIpc) is 2.71. The number of amides is 1. The van der Waals surface area contributed by atoms with E-state index in [1.54, 1.807) is 0 Å². The summed E-state index contributed by atoms with van der Waals surface area (Å²) in [6.45, 7) is 1.89. The summed E-state index contributed by atoms with van der Waals surface area (Å²) in [7, 11) is 3.77. The van der Waals surface area contributed by atoms with E-state index in [2.05, 4.69) is 29.6 Å². The first-order chi connectivity index (χ1) is 8.61. The summed E-state index contributed by atoms with van der Waals surface area (Å²) < 4.78 is 0. The predicted octanol–water partition coefficient (Wildman–Crippen LogP) is 1.74. The van der Waals surface area contributed by atoms with E-state index in [-0.39, 0.29) is 11.9 Å². The fraction of sp³-hybridized carbons (Fsp3) is 0.400. The number of nitrogens with zero attached hydrogens (tertiary/aromatic N) is 1. The van der Waals surface area contributed by atoms with Gasteiger partial charge < -0.3 is 10.2 Å². The summed E-state index contributed by atoms with van der Waals surface area (Å²) in [6.07, 6.45) is 3.72. The second-order valence-electron chi connectivity index (χ2n) is 4.92. The summed E-state index contributed by atoms with van der Waals surface area (Å²) in [5.41, 5.74) is 3.43. The van der Waals surface area contributed by atoms with Crippen molar-refractivity contribution in [3.05, 3.63) is 47.2 Å². The molecule has 2 rings (SSSR count). The molecule has 0 bridgehead atoms. The zero-order chi connectivity index (χ0) is 13.1. The summed E-state index contributed by atoms with van der Waals surface area (Å²) in [5, 5.41) is 3.11. The highest BCUT2D eigenvalue weighted by atomic mass is 16.2. The minimum absolute atomic E-state index is 0.0142. The van der Waals surface area contributed by atoms with Gasteiger partial charge in [-0.1, -0.05) is 30.3 Å². The highest BCUT2D eigenvalue weighted by molar-refractivity contribution is 5.92. The van der Waals surface area contributed by atoms with Crippen LogP contribution in [0.25, 0.3) is 0 Å². The van der Waals surface area contributed by atoms with Crippen molar-refractivity contribution in [2.75, 3.05) is 14.1 Å². The third-order valence-corrected chi connectivity index (χ3v) is 3.37. The van der Waals surface area contributed by atoms with Gasteiger partial charge in [-0.25, -0.2) is 0 Å². The third-order valence-electron chi connectivity index (χ3n) is 3.37. The lowest BCUT2D eigenvalue weighted by Gasteiger charge is -2.19. The van der Waals surface area contributed by atoms with Gasteiger partial charge >= 0.3 is 0 Å². The molecule has 1 aliphatic rings. The first-order valence-electron chi connectivity index (χ1n) is 6.33. The van der Waals surface area contributed by atoms with Gasteiger partial charge in [-0.15, -0.1) is 0 Å². The molecule has 0 saturated heterocycles. The second-order valence-corrected chi connectivity index (χ2v) is 4.92. The maximum absolute atomic E-state index is 12.1. The molecule has 0 spiro atoms. The Morgan fingerprint density at radius 2 is 1.83 bits per heavy atom. The Hall–Kier alpha value is -1.77. The van der Waals surface area contributed by atoms with E-state index < -0.39 is 0 Å². The standard InChI is InChI=1S/C15H20N2O/c1-4-14(17(2)3)15(18)16-13-9-11-7-5-6-8-12(11)10-13/h4-8,13H,9-10H2,1-3H3,(H,16,18). The molecule has 96 valence electrons. The molecule has 1 aromatic carbocycles. The first kappa shape index (κ1) is 12.7. The number of benzene rings is 1. The normalized spacial score (nSPS) is 15.4. The van der Waals surface area contributed by atoms with Crippen molar-refractivity contribution in [1.82, 2.24) is 10.2 Å². The monoisotopic (exact) mass is 244 g/mol. The summed E-state index contributed by atoms with van der Waals surface area (Å²) in [6, 6.07) is 8.62. The number of rotatable bonds is 3. The Morgan fingerprint density at radius 3 is 2.28 bits per heavy atom. The summed E-state index contributed by atoms with van der Waals surface area (Å²) >= 11 is 0. The van der Waals surface area contributed by atoms with E-state index in [4.69, 9.17) is 0 Å². The van der Waals surface area contributed by atoms with E-state index >= 15 is 0 Å². The molecule has 1 aliphatic carbocycles. The van der Waals surface area contributed by atoms with E-state index in [9.17, 15) is 4.79 Å². The molecule has 0 fully saturated rings. The lowest BCUT2D eigenvalue weighted by atomic mass is 10.1. The van der Waals surface area contributed by atoms with Crippen LogP contribution in [0.4, 0.5) is 0 Å². The van der Waals surface area contributed by atoms with E-state index in [0.717, 1.165) is 12.8 Å². The highest BCUT2D eigenvalue weighted by Crippen LogP contribution is 2.21. The fourth-order valence-electron chi connectivity index (χ4n) is 2.51. The molecule has 0 saturated carbocycles. The Morgan fingerprint density at radius 1 is 1.28 bits per heavy atom. The van der Waals surface area contributed by atoms with Crippen molar-refractivity contribution in [3.8, 4) is 0 Å². The summed E-state index contributed by atoms with van der Waals surface area (Å²) in [5.74, 6) is 0.0142. The van der Waals surface area contributed by atoms with Crippen LogP contribution in [0.2, 0.25) is 0 Å². The number of fused-ring (bicyclic) bond motifs is 1. The molecular weight excluding hydrogens is 224 g/mol. The lowest BCUT2D eigenvalue weighted by molar-refractivity contribution is -0.119. The van der Waals surface area contributed by atoms with Gasteiger partial charge in [-0.05, 0) is 30.9 Å². The molecule has 0 aliphatic heterocycles. The van der Waals surface area contributed by atoms with Crippen LogP contribution in [0.3, 0.4) is 0 Å². The van der Waals surface area contributed by atoms with Crippen LogP contribution < -0.4 is 5.32 Å². The number of hydrogen-bond donors (Lipinski definition) is 1. The number of carbonyl (C=O) groups is 1. The minimum atomic E-state index is 0.0142. The molecule has 1 amide bonds. The topological polar surface area (TPSA) is 32.3 Å². The van der Waals surface area contributed by atoms with Gasteiger partial charge in [-0.3, -0.25) is 4.79 Å². The zero-order valence-electron chi connectivity index (χ0n) is 11.2. The van der Waals surface area contributed by atoms with Gasteiger partial charge in [0.05, 0.1) is 5.70 Å². The molecular formula is C15H20N2O. The number of hydrogen-bond acceptors (Lipinski definition) is 2. The predicted molar refractivity (Wildman–Crippen MR) is 73.2 cm³/mol. The Kier molecular flexibility index (Phi) is 3.70. The first-order valence-corrected chi connectivity index (χ1v) is 6.33. The largest absolute Gasteiger partial charge is 0.373 e. The van der Waals surface area contributed by atoms with Crippen LogP contribution in [-0.4, -0.2) is 30.9 Å². The Balaban J connectivity index is 2.00. The lowest BCUT2D eigenvalue weighted by Crippen LogP contribution is -2.39. The van der Waals surface area contributed by atoms with E-state index in [1.165, 1.54) is 11.1 Å². The van der Waals surface area contributed by atoms with Crippen LogP contribution in [0.5, 0.6) is 0 Å². The molecule has 0 radical (unpaired) electrons. The Labute approximate surface area is 108 Å². The van der Waals surface area contributed by atoms with Crippen LogP contribution >= 0.6 is 0 Å². The van der Waals surface area contributed by atoms with Gasteiger partial charge in [0.2, 0.25) is 0 Å². The van der Waals surface area contributed by atoms with Crippen LogP contribution in [0.1, 0.15) is 18.1 Å². The van der Waals surface area contributed by atoms with E-state index in [1.807, 2.05) is 32.0 Å². The Bertz CT molecular complexity index is 452. The number of nitrogens with one attached hydrogen (secondary N) is 1. The van der Waals surface area contributed by atoms with Crippen molar-refractivity contribution < 1.29 is 4.79 Å². The maximum atomic E-state index is 12.1. The van der Waals surface area contributed by atoms with Crippen molar-refractivity contribution in [2.24, 2.45) is 0 Å². The quantitative estimate of drug-likeness (QED) is 0.821. The average molecular weight is 244 g/mol. The maximum Gasteiger partial charge on any atom is 0.267 e. The molecule has 3 nitrogen and oxygen atoms in total. The molecule has 0 unspecified atom stereocenters.